The number of benzene rings is 3. The smallest absolute Gasteiger partial charge is 0.127 e. The van der Waals surface area contributed by atoms with Gasteiger partial charge in [-0.3, -0.25) is 0 Å². The van der Waals surface area contributed by atoms with Gasteiger partial charge in [-0.1, -0.05) is 56.3 Å². The van der Waals surface area contributed by atoms with Gasteiger partial charge in [0.2, 0.25) is 0 Å². The van der Waals surface area contributed by atoms with E-state index in [4.69, 9.17) is 9.47 Å². The second-order valence-electron chi connectivity index (χ2n) is 9.02. The first-order valence-corrected chi connectivity index (χ1v) is 11.1. The average molecular weight is 401 g/mol. The van der Waals surface area contributed by atoms with Crippen molar-refractivity contribution < 1.29 is 9.47 Å². The molecule has 4 rings (SSSR count). The highest BCUT2D eigenvalue weighted by atomic mass is 16.5. The normalized spacial score (nSPS) is 19.3. The highest BCUT2D eigenvalue weighted by molar-refractivity contribution is 5.40. The van der Waals surface area contributed by atoms with Crippen LogP contribution in [-0.4, -0.2) is 6.61 Å². The zero-order chi connectivity index (χ0) is 21.0. The summed E-state index contributed by atoms with van der Waals surface area (Å²) in [5.41, 5.74) is 3.44. The van der Waals surface area contributed by atoms with Gasteiger partial charge >= 0.3 is 0 Å². The molecular weight excluding hydrogens is 368 g/mol. The maximum absolute atomic E-state index is 6.00. The van der Waals surface area contributed by atoms with Crippen LogP contribution in [-0.2, 0) is 11.8 Å². The molecule has 0 aromatic heterocycles. The van der Waals surface area contributed by atoms with Gasteiger partial charge in [0, 0.05) is 5.41 Å². The number of para-hydroxylation sites is 1. The van der Waals surface area contributed by atoms with Gasteiger partial charge in [0.15, 0.2) is 0 Å². The third-order valence-corrected chi connectivity index (χ3v) is 6.58. The Morgan fingerprint density at radius 3 is 2.17 bits per heavy atom. The SMILES string of the molecule is CCOc1ccc(C2(CCCc3cccc(Oc4ccccc4)c3)CC2(C)C)cc1. The standard InChI is InChI=1S/C28H32O2/c1-4-29-24-17-15-23(16-18-24)28(21-27(28,2)3)19-9-11-22-10-8-14-26(20-22)30-25-12-6-5-7-13-25/h5-8,10,12-18,20H,4,9,11,19,21H2,1-3H3. The summed E-state index contributed by atoms with van der Waals surface area (Å²) < 4.78 is 11.6. The Labute approximate surface area is 180 Å². The van der Waals surface area contributed by atoms with Crippen LogP contribution in [0.15, 0.2) is 78.9 Å². The first-order valence-electron chi connectivity index (χ1n) is 11.1. The van der Waals surface area contributed by atoms with Crippen LogP contribution in [0.1, 0.15) is 51.2 Å². The minimum atomic E-state index is 0.288. The van der Waals surface area contributed by atoms with E-state index in [0.717, 1.165) is 23.7 Å². The molecular formula is C28H32O2. The summed E-state index contributed by atoms with van der Waals surface area (Å²) in [7, 11) is 0. The first-order chi connectivity index (χ1) is 14.5. The Morgan fingerprint density at radius 1 is 0.800 bits per heavy atom. The van der Waals surface area contributed by atoms with Crippen LogP contribution in [0.2, 0.25) is 0 Å². The van der Waals surface area contributed by atoms with Crippen LogP contribution in [0, 0.1) is 5.41 Å². The first kappa shape index (κ1) is 20.5. The van der Waals surface area contributed by atoms with Crippen LogP contribution in [0.3, 0.4) is 0 Å². The molecule has 0 amide bonds. The Hall–Kier alpha value is -2.74. The average Bonchev–Trinajstić information content (AvgIpc) is 3.31. The lowest BCUT2D eigenvalue weighted by Gasteiger charge is -2.22. The predicted octanol–water partition coefficient (Wildman–Crippen LogP) is 7.57. The zero-order valence-electron chi connectivity index (χ0n) is 18.4. The van der Waals surface area contributed by atoms with Crippen molar-refractivity contribution in [2.75, 3.05) is 6.61 Å². The molecule has 1 atom stereocenters. The Balaban J connectivity index is 1.39. The molecule has 0 heterocycles. The summed E-state index contributed by atoms with van der Waals surface area (Å²) in [6, 6.07) is 27.3. The third-order valence-electron chi connectivity index (χ3n) is 6.58. The lowest BCUT2D eigenvalue weighted by Crippen LogP contribution is -2.15. The van der Waals surface area contributed by atoms with Crippen molar-refractivity contribution in [3.8, 4) is 17.2 Å². The number of hydrogen-bond donors (Lipinski definition) is 0. The number of rotatable bonds is 9. The maximum atomic E-state index is 6.00. The molecule has 0 N–H and O–H groups in total. The van der Waals surface area contributed by atoms with E-state index in [1.54, 1.807) is 0 Å². The fraction of sp³-hybridized carbons (Fsp3) is 0.357. The largest absolute Gasteiger partial charge is 0.494 e. The maximum Gasteiger partial charge on any atom is 0.127 e. The highest BCUT2D eigenvalue weighted by Crippen LogP contribution is 2.66. The molecule has 1 aliphatic carbocycles. The van der Waals surface area contributed by atoms with Crippen LogP contribution >= 0.6 is 0 Å². The summed E-state index contributed by atoms with van der Waals surface area (Å²) in [6.45, 7) is 7.54. The molecule has 0 aliphatic heterocycles. The summed E-state index contributed by atoms with van der Waals surface area (Å²) >= 11 is 0. The molecule has 1 saturated carbocycles. The van der Waals surface area contributed by atoms with E-state index in [0.29, 0.717) is 12.0 Å². The van der Waals surface area contributed by atoms with Gasteiger partial charge in [0.25, 0.3) is 0 Å². The Kier molecular flexibility index (Phi) is 5.85. The fourth-order valence-corrected chi connectivity index (χ4v) is 4.79. The van der Waals surface area contributed by atoms with Crippen LogP contribution in [0.4, 0.5) is 0 Å². The lowest BCUT2D eigenvalue weighted by molar-refractivity contribution is 0.340. The van der Waals surface area contributed by atoms with Crippen LogP contribution in [0.25, 0.3) is 0 Å². The summed E-state index contributed by atoms with van der Waals surface area (Å²) in [6.07, 6.45) is 4.70. The monoisotopic (exact) mass is 400 g/mol. The van der Waals surface area contributed by atoms with E-state index in [1.165, 1.54) is 30.4 Å². The highest BCUT2D eigenvalue weighted by Gasteiger charge is 2.60. The van der Waals surface area contributed by atoms with Crippen LogP contribution in [0.5, 0.6) is 17.2 Å². The van der Waals surface area contributed by atoms with E-state index in [9.17, 15) is 0 Å². The molecule has 0 bridgehead atoms. The van der Waals surface area contributed by atoms with E-state index >= 15 is 0 Å². The van der Waals surface area contributed by atoms with Crippen molar-refractivity contribution in [2.24, 2.45) is 5.41 Å². The molecule has 3 aromatic rings. The van der Waals surface area contributed by atoms with Crippen molar-refractivity contribution in [3.63, 3.8) is 0 Å². The second kappa shape index (κ2) is 8.55. The van der Waals surface area contributed by atoms with E-state index < -0.39 is 0 Å². The number of aryl methyl sites for hydroxylation is 1. The van der Waals surface area contributed by atoms with Crippen molar-refractivity contribution in [2.45, 2.75) is 51.9 Å². The van der Waals surface area contributed by atoms with Gasteiger partial charge < -0.3 is 9.47 Å². The summed E-state index contributed by atoms with van der Waals surface area (Å²) in [4.78, 5) is 0. The van der Waals surface area contributed by atoms with Gasteiger partial charge in [-0.2, -0.15) is 0 Å². The second-order valence-corrected chi connectivity index (χ2v) is 9.02. The topological polar surface area (TPSA) is 18.5 Å². The molecule has 3 aromatic carbocycles. The van der Waals surface area contributed by atoms with E-state index in [2.05, 4.69) is 56.3 Å². The Bertz CT molecular complexity index is 959. The molecule has 30 heavy (non-hydrogen) atoms. The third kappa shape index (κ3) is 4.38. The number of hydrogen-bond acceptors (Lipinski definition) is 2. The van der Waals surface area contributed by atoms with Crippen molar-refractivity contribution in [1.29, 1.82) is 0 Å². The minimum Gasteiger partial charge on any atom is -0.494 e. The predicted molar refractivity (Wildman–Crippen MR) is 124 cm³/mol. The minimum absolute atomic E-state index is 0.288. The van der Waals surface area contributed by atoms with Gasteiger partial charge in [-0.25, -0.2) is 0 Å². The summed E-state index contributed by atoms with van der Waals surface area (Å²) in [5.74, 6) is 2.75. The molecule has 1 unspecified atom stereocenters. The molecule has 1 aliphatic rings. The van der Waals surface area contributed by atoms with Crippen molar-refractivity contribution >= 4 is 0 Å². The van der Waals surface area contributed by atoms with Crippen molar-refractivity contribution in [1.82, 2.24) is 0 Å². The molecule has 0 radical (unpaired) electrons. The van der Waals surface area contributed by atoms with Crippen LogP contribution < -0.4 is 9.47 Å². The van der Waals surface area contributed by atoms with E-state index in [1.807, 2.05) is 43.3 Å². The van der Waals surface area contributed by atoms with Crippen molar-refractivity contribution in [3.05, 3.63) is 90.0 Å². The molecule has 1 fully saturated rings. The molecule has 156 valence electrons. The van der Waals surface area contributed by atoms with Gasteiger partial charge in [-0.05, 0) is 85.5 Å². The molecule has 0 spiro atoms. The fourth-order valence-electron chi connectivity index (χ4n) is 4.79. The van der Waals surface area contributed by atoms with E-state index in [-0.39, 0.29) is 5.41 Å². The lowest BCUT2D eigenvalue weighted by atomic mass is 9.83. The van der Waals surface area contributed by atoms with Gasteiger partial charge in [-0.15, -0.1) is 0 Å². The Morgan fingerprint density at radius 2 is 1.50 bits per heavy atom. The molecule has 0 saturated heterocycles. The number of ether oxygens (including phenoxy) is 2. The zero-order valence-corrected chi connectivity index (χ0v) is 18.4. The quantitative estimate of drug-likeness (QED) is 0.369. The molecule has 2 heteroatoms. The van der Waals surface area contributed by atoms with Gasteiger partial charge in [0.05, 0.1) is 6.61 Å². The molecule has 2 nitrogen and oxygen atoms in total. The summed E-state index contributed by atoms with van der Waals surface area (Å²) in [5, 5.41) is 0. The van der Waals surface area contributed by atoms with Gasteiger partial charge in [0.1, 0.15) is 17.2 Å².